The molecule has 1 fully saturated rings. The Bertz CT molecular complexity index is 488. The Kier molecular flexibility index (Phi) is 2.62. The molecule has 17 heavy (non-hydrogen) atoms. The van der Waals surface area contributed by atoms with Crippen LogP contribution in [0.3, 0.4) is 0 Å². The number of nitrogen functional groups attached to an aromatic ring is 1. The predicted octanol–water partition coefficient (Wildman–Crippen LogP) is 1.68. The van der Waals surface area contributed by atoms with Crippen molar-refractivity contribution >= 4 is 23.0 Å². The summed E-state index contributed by atoms with van der Waals surface area (Å²) in [4.78, 5) is 3.54. The first-order valence-corrected chi connectivity index (χ1v) is 5.83. The Morgan fingerprint density at radius 2 is 2.06 bits per heavy atom. The number of benzene rings is 1. The molecule has 2 rings (SSSR count). The van der Waals surface area contributed by atoms with Crippen molar-refractivity contribution in [1.82, 2.24) is 4.90 Å². The molecule has 1 aromatic rings. The van der Waals surface area contributed by atoms with Gasteiger partial charge in [0.1, 0.15) is 5.75 Å². The van der Waals surface area contributed by atoms with E-state index in [2.05, 4.69) is 0 Å². The first-order valence-electron chi connectivity index (χ1n) is 6.96. The van der Waals surface area contributed by atoms with Gasteiger partial charge in [0.25, 0.3) is 0 Å². The fourth-order valence-electron chi connectivity index (χ4n) is 1.92. The van der Waals surface area contributed by atoms with Crippen molar-refractivity contribution in [3.63, 3.8) is 0 Å². The van der Waals surface area contributed by atoms with Crippen LogP contribution >= 0.6 is 11.6 Å². The second kappa shape index (κ2) is 5.02. The lowest BCUT2D eigenvalue weighted by atomic mass is 10.2. The van der Waals surface area contributed by atoms with Gasteiger partial charge >= 0.3 is 0 Å². The van der Waals surface area contributed by atoms with E-state index in [1.165, 1.54) is 4.90 Å². The minimum absolute atomic E-state index is 0.472. The van der Waals surface area contributed by atoms with E-state index in [0.717, 1.165) is 5.69 Å². The van der Waals surface area contributed by atoms with Gasteiger partial charge in [0.2, 0.25) is 0 Å². The van der Waals surface area contributed by atoms with Crippen LogP contribution < -0.4 is 15.4 Å². The molecular weight excluding hydrogens is 238 g/mol. The number of anilines is 2. The zero-order valence-electron chi connectivity index (χ0n) is 12.7. The van der Waals surface area contributed by atoms with Gasteiger partial charge in [0, 0.05) is 36.4 Å². The number of rotatable bonds is 2. The third-order valence-corrected chi connectivity index (χ3v) is 3.22. The van der Waals surface area contributed by atoms with E-state index in [1.807, 2.05) is 4.90 Å². The van der Waals surface area contributed by atoms with Gasteiger partial charge in [-0.3, -0.25) is 0 Å². The molecule has 0 atom stereocenters. The van der Waals surface area contributed by atoms with Gasteiger partial charge in [-0.1, -0.05) is 11.6 Å². The van der Waals surface area contributed by atoms with E-state index in [9.17, 15) is 0 Å². The maximum Gasteiger partial charge on any atom is 0.143 e. The van der Waals surface area contributed by atoms with Gasteiger partial charge in [0.15, 0.2) is 0 Å². The lowest BCUT2D eigenvalue weighted by Gasteiger charge is -2.34. The number of likely N-dealkylation sites (N-methyl/N-ethyl adjacent to an activating group) is 1. The van der Waals surface area contributed by atoms with Gasteiger partial charge in [-0.15, -0.1) is 0 Å². The fourth-order valence-corrected chi connectivity index (χ4v) is 2.22. The van der Waals surface area contributed by atoms with Gasteiger partial charge < -0.3 is 20.3 Å². The third kappa shape index (κ3) is 2.58. The molecule has 4 nitrogen and oxygen atoms in total. The van der Waals surface area contributed by atoms with Crippen LogP contribution in [0.5, 0.6) is 5.75 Å². The van der Waals surface area contributed by atoms with Crippen LogP contribution in [-0.2, 0) is 0 Å². The summed E-state index contributed by atoms with van der Waals surface area (Å²) in [5, 5.41) is 0.547. The molecule has 1 aliphatic rings. The summed E-state index contributed by atoms with van der Waals surface area (Å²) in [6.07, 6.45) is 0. The number of ether oxygens (including phenoxy) is 1. The number of methoxy groups -OCH3 is 1. The highest BCUT2D eigenvalue weighted by molar-refractivity contribution is 6.33. The Morgan fingerprint density at radius 3 is 2.65 bits per heavy atom. The molecule has 1 aromatic carbocycles. The molecule has 0 unspecified atom stereocenters. The molecule has 0 radical (unpaired) electrons. The van der Waals surface area contributed by atoms with Gasteiger partial charge in [0.05, 0.1) is 23.5 Å². The number of hydrogen-bond acceptors (Lipinski definition) is 4. The van der Waals surface area contributed by atoms with Crippen molar-refractivity contribution in [3.8, 4) is 5.75 Å². The minimum atomic E-state index is -2.03. The minimum Gasteiger partial charge on any atom is -0.495 e. The predicted molar refractivity (Wildman–Crippen MR) is 72.1 cm³/mol. The average molecular weight is 259 g/mol. The lowest BCUT2D eigenvalue weighted by Crippen LogP contribution is -2.44. The lowest BCUT2D eigenvalue weighted by molar-refractivity contribution is 0.312. The molecule has 2 N–H and O–H groups in total. The van der Waals surface area contributed by atoms with Gasteiger partial charge in [-0.05, 0) is 13.0 Å². The summed E-state index contributed by atoms with van der Waals surface area (Å²) in [5.74, 6) is 0.572. The third-order valence-electron chi connectivity index (χ3n) is 2.92. The maximum absolute atomic E-state index is 7.41. The molecule has 94 valence electrons. The van der Waals surface area contributed by atoms with Crippen molar-refractivity contribution in [3.05, 3.63) is 17.2 Å². The summed E-state index contributed by atoms with van der Waals surface area (Å²) in [7, 11) is 1.55. The molecular formula is C12H18ClN3O. The SMILES string of the molecule is [2H]C([2H])([2H])N1CCN(c2cc(OC)c(N)cc2Cl)CC1. The molecule has 0 aromatic heterocycles. The Morgan fingerprint density at radius 1 is 1.35 bits per heavy atom. The highest BCUT2D eigenvalue weighted by Gasteiger charge is 2.18. The smallest absolute Gasteiger partial charge is 0.143 e. The van der Waals surface area contributed by atoms with Crippen LogP contribution in [0.1, 0.15) is 4.11 Å². The van der Waals surface area contributed by atoms with E-state index in [1.54, 1.807) is 19.2 Å². The summed E-state index contributed by atoms with van der Waals surface area (Å²) in [6, 6.07) is 3.45. The monoisotopic (exact) mass is 258 g/mol. The molecule has 0 aliphatic carbocycles. The van der Waals surface area contributed by atoms with Gasteiger partial charge in [-0.2, -0.15) is 0 Å². The Balaban J connectivity index is 2.15. The summed E-state index contributed by atoms with van der Waals surface area (Å²) >= 11 is 6.22. The summed E-state index contributed by atoms with van der Waals surface area (Å²) in [5.41, 5.74) is 7.11. The summed E-state index contributed by atoms with van der Waals surface area (Å²) < 4.78 is 27.4. The second-order valence-corrected chi connectivity index (χ2v) is 4.43. The van der Waals surface area contributed by atoms with E-state index < -0.39 is 6.98 Å². The Hall–Kier alpha value is -1.13. The largest absolute Gasteiger partial charge is 0.495 e. The zero-order chi connectivity index (χ0) is 14.9. The molecule has 1 aliphatic heterocycles. The number of hydrogen-bond donors (Lipinski definition) is 1. The van der Waals surface area contributed by atoms with E-state index in [-0.39, 0.29) is 0 Å². The molecule has 1 saturated heterocycles. The molecule has 0 amide bonds. The van der Waals surface area contributed by atoms with Crippen molar-refractivity contribution in [2.45, 2.75) is 0 Å². The number of piperazine rings is 1. The van der Waals surface area contributed by atoms with Crippen LogP contribution in [0.15, 0.2) is 12.1 Å². The number of nitrogens with zero attached hydrogens (tertiary/aromatic N) is 2. The van der Waals surface area contributed by atoms with E-state index in [4.69, 9.17) is 26.2 Å². The van der Waals surface area contributed by atoms with Crippen LogP contribution in [-0.4, -0.2) is 45.2 Å². The molecule has 0 spiro atoms. The van der Waals surface area contributed by atoms with Crippen molar-refractivity contribution in [2.24, 2.45) is 0 Å². The topological polar surface area (TPSA) is 41.7 Å². The van der Waals surface area contributed by atoms with E-state index >= 15 is 0 Å². The Labute approximate surface area is 111 Å². The van der Waals surface area contributed by atoms with Crippen LogP contribution in [0, 0.1) is 0 Å². The maximum atomic E-state index is 7.41. The second-order valence-electron chi connectivity index (χ2n) is 4.02. The standard InChI is InChI=1S/C12H18ClN3O/c1-15-3-5-16(6-4-15)11-8-12(17-2)10(14)7-9(11)13/h7-8H,3-6,14H2,1-2H3/i1D3. The van der Waals surface area contributed by atoms with Gasteiger partial charge in [-0.25, -0.2) is 0 Å². The van der Waals surface area contributed by atoms with Crippen molar-refractivity contribution < 1.29 is 8.85 Å². The highest BCUT2D eigenvalue weighted by atomic mass is 35.5. The van der Waals surface area contributed by atoms with Crippen LogP contribution in [0.2, 0.25) is 5.02 Å². The zero-order valence-corrected chi connectivity index (χ0v) is 10.5. The fraction of sp³-hybridized carbons (Fsp3) is 0.500. The average Bonchev–Trinajstić information content (AvgIpc) is 2.38. The van der Waals surface area contributed by atoms with E-state index in [0.29, 0.717) is 42.6 Å². The normalized spacial score (nSPS) is 20.6. The number of halogens is 1. The van der Waals surface area contributed by atoms with Crippen LogP contribution in [0.25, 0.3) is 0 Å². The molecule has 5 heteroatoms. The van der Waals surface area contributed by atoms with Crippen LogP contribution in [0.4, 0.5) is 11.4 Å². The molecule has 0 bridgehead atoms. The molecule has 1 heterocycles. The first-order chi connectivity index (χ1) is 9.32. The van der Waals surface area contributed by atoms with Crippen molar-refractivity contribution in [1.29, 1.82) is 0 Å². The first kappa shape index (κ1) is 8.89. The molecule has 0 saturated carbocycles. The summed E-state index contributed by atoms with van der Waals surface area (Å²) in [6.45, 7) is 0.115. The number of nitrogens with two attached hydrogens (primary N) is 1. The van der Waals surface area contributed by atoms with Crippen molar-refractivity contribution in [2.75, 3.05) is 50.9 Å². The quantitative estimate of drug-likeness (QED) is 0.820. The highest BCUT2D eigenvalue weighted by Crippen LogP contribution is 2.35.